The predicted octanol–water partition coefficient (Wildman–Crippen LogP) is 3.20. The number of hydrogen-bond acceptors (Lipinski definition) is 5. The molecule has 0 unspecified atom stereocenters. The molecule has 1 amide bonds. The number of ether oxygens (including phenoxy) is 2. The van der Waals surface area contributed by atoms with Crippen LogP contribution in [0.5, 0.6) is 11.5 Å². The zero-order valence-corrected chi connectivity index (χ0v) is 21.1. The van der Waals surface area contributed by atoms with Crippen molar-refractivity contribution in [3.05, 3.63) is 59.2 Å². The monoisotopic (exact) mass is 484 g/mol. The molecule has 0 radical (unpaired) electrons. The van der Waals surface area contributed by atoms with Crippen molar-refractivity contribution in [1.29, 1.82) is 0 Å². The fourth-order valence-corrected chi connectivity index (χ4v) is 7.51. The lowest BCUT2D eigenvalue weighted by Crippen LogP contribution is -2.69. The second-order valence-electron chi connectivity index (χ2n) is 10.7. The highest BCUT2D eigenvalue weighted by Gasteiger charge is 2.66. The van der Waals surface area contributed by atoms with Crippen molar-refractivity contribution in [1.82, 2.24) is 9.80 Å². The Labute approximate surface area is 212 Å². The van der Waals surface area contributed by atoms with Crippen LogP contribution in [0, 0.1) is 17.8 Å². The molecule has 2 fully saturated rings. The van der Waals surface area contributed by atoms with E-state index in [2.05, 4.69) is 22.8 Å². The number of amides is 1. The lowest BCUT2D eigenvalue weighted by Gasteiger charge is -2.60. The predicted molar refractivity (Wildman–Crippen MR) is 136 cm³/mol. The van der Waals surface area contributed by atoms with Crippen LogP contribution in [0.25, 0.3) is 0 Å². The summed E-state index contributed by atoms with van der Waals surface area (Å²) in [6.07, 6.45) is 3.51. The highest BCUT2D eigenvalue weighted by molar-refractivity contribution is 5.94. The Kier molecular flexibility index (Phi) is 5.57. The lowest BCUT2D eigenvalue weighted by molar-refractivity contribution is -0.136. The van der Waals surface area contributed by atoms with E-state index >= 15 is 0 Å². The van der Waals surface area contributed by atoms with Crippen molar-refractivity contribution in [3.8, 4) is 23.3 Å². The Morgan fingerprint density at radius 2 is 2.00 bits per heavy atom. The molecular formula is C30H32N2O4. The van der Waals surface area contributed by atoms with Gasteiger partial charge in [-0.3, -0.25) is 14.5 Å². The summed E-state index contributed by atoms with van der Waals surface area (Å²) in [7, 11) is 3.55. The van der Waals surface area contributed by atoms with E-state index in [-0.39, 0.29) is 29.3 Å². The van der Waals surface area contributed by atoms with Gasteiger partial charge in [-0.1, -0.05) is 30.2 Å². The van der Waals surface area contributed by atoms with E-state index in [1.165, 1.54) is 11.1 Å². The van der Waals surface area contributed by atoms with E-state index < -0.39 is 0 Å². The van der Waals surface area contributed by atoms with Gasteiger partial charge < -0.3 is 14.4 Å². The molecule has 2 bridgehead atoms. The molecule has 2 aliphatic heterocycles. The molecule has 186 valence electrons. The van der Waals surface area contributed by atoms with Gasteiger partial charge in [0.25, 0.3) is 5.91 Å². The molecule has 1 saturated carbocycles. The Morgan fingerprint density at radius 3 is 2.75 bits per heavy atom. The van der Waals surface area contributed by atoms with Crippen LogP contribution in [-0.2, 0) is 21.4 Å². The maximum Gasteiger partial charge on any atom is 0.298 e. The number of rotatable bonds is 4. The average molecular weight is 485 g/mol. The molecule has 0 N–H and O–H groups in total. The number of likely N-dealkylation sites (N-methyl/N-ethyl adjacent to an activating group) is 1. The van der Waals surface area contributed by atoms with Crippen molar-refractivity contribution >= 4 is 11.7 Å². The molecule has 0 aromatic heterocycles. The summed E-state index contributed by atoms with van der Waals surface area (Å²) >= 11 is 0. The van der Waals surface area contributed by atoms with Gasteiger partial charge in [0, 0.05) is 35.6 Å². The third kappa shape index (κ3) is 3.37. The zero-order chi connectivity index (χ0) is 25.0. The number of methoxy groups -OCH3 is 1. The first-order valence-corrected chi connectivity index (χ1v) is 12.9. The SMILES string of the molecule is COc1ccc2c3c1O[C@H]1[C@H](N(C)C(=O)C#Cc4ccccc4)CC[C@H]4[C@@H](C2)N(CC(C)=O)CC[C@@]341. The minimum absolute atomic E-state index is 0.0816. The number of ketones is 1. The second-order valence-corrected chi connectivity index (χ2v) is 10.7. The third-order valence-electron chi connectivity index (χ3n) is 8.94. The van der Waals surface area contributed by atoms with E-state index in [0.29, 0.717) is 18.5 Å². The topological polar surface area (TPSA) is 59.1 Å². The Bertz CT molecular complexity index is 1280. The van der Waals surface area contributed by atoms with Crippen LogP contribution >= 0.6 is 0 Å². The summed E-state index contributed by atoms with van der Waals surface area (Å²) in [5.41, 5.74) is 3.23. The third-order valence-corrected chi connectivity index (χ3v) is 8.94. The van der Waals surface area contributed by atoms with Gasteiger partial charge in [0.05, 0.1) is 19.7 Å². The molecule has 6 nitrogen and oxygen atoms in total. The number of likely N-dealkylation sites (tertiary alicyclic amines) is 1. The van der Waals surface area contributed by atoms with Crippen molar-refractivity contribution in [2.45, 2.75) is 56.2 Å². The number of piperidine rings is 1. The Balaban J connectivity index is 1.38. The number of hydrogen-bond donors (Lipinski definition) is 0. The first-order chi connectivity index (χ1) is 17.4. The summed E-state index contributed by atoms with van der Waals surface area (Å²) in [6.45, 7) is 3.03. The van der Waals surface area contributed by atoms with Crippen molar-refractivity contribution in [3.63, 3.8) is 0 Å². The first-order valence-electron chi connectivity index (χ1n) is 12.9. The fourth-order valence-electron chi connectivity index (χ4n) is 7.51. The zero-order valence-electron chi connectivity index (χ0n) is 21.1. The van der Waals surface area contributed by atoms with Crippen LogP contribution in [0.2, 0.25) is 0 Å². The van der Waals surface area contributed by atoms with Crippen molar-refractivity contribution < 1.29 is 19.1 Å². The smallest absolute Gasteiger partial charge is 0.298 e. The molecule has 6 heteroatoms. The average Bonchev–Trinajstić information content (AvgIpc) is 3.23. The highest BCUT2D eigenvalue weighted by atomic mass is 16.5. The molecule has 2 aromatic rings. The van der Waals surface area contributed by atoms with Gasteiger partial charge >= 0.3 is 0 Å². The van der Waals surface area contributed by atoms with Gasteiger partial charge in [-0.25, -0.2) is 0 Å². The quantitative estimate of drug-likeness (QED) is 0.624. The molecule has 1 saturated heterocycles. The van der Waals surface area contributed by atoms with Crippen molar-refractivity contribution in [2.24, 2.45) is 5.92 Å². The number of nitrogens with zero attached hydrogens (tertiary/aromatic N) is 2. The van der Waals surface area contributed by atoms with Crippen LogP contribution < -0.4 is 9.47 Å². The van der Waals surface area contributed by atoms with Crippen LogP contribution in [0.4, 0.5) is 0 Å². The molecule has 1 spiro atoms. The number of Topliss-reactive ketones (excluding diaryl/α,β-unsaturated/α-hetero) is 1. The van der Waals surface area contributed by atoms with Crippen LogP contribution in [0.1, 0.15) is 42.9 Å². The lowest BCUT2D eigenvalue weighted by atomic mass is 9.51. The van der Waals surface area contributed by atoms with E-state index in [0.717, 1.165) is 49.3 Å². The van der Waals surface area contributed by atoms with Gasteiger partial charge in [0.2, 0.25) is 0 Å². The summed E-state index contributed by atoms with van der Waals surface area (Å²) in [5, 5.41) is 0. The van der Waals surface area contributed by atoms with Gasteiger partial charge in [-0.2, -0.15) is 0 Å². The number of carbonyl (C=O) groups is 2. The Morgan fingerprint density at radius 1 is 1.19 bits per heavy atom. The molecule has 2 aliphatic carbocycles. The molecule has 5 atom stereocenters. The molecule has 6 rings (SSSR count). The molecule has 4 aliphatic rings. The first kappa shape index (κ1) is 23.1. The maximum absolute atomic E-state index is 13.2. The fraction of sp³-hybridized carbons (Fsp3) is 0.467. The highest BCUT2D eigenvalue weighted by Crippen LogP contribution is 2.64. The normalized spacial score (nSPS) is 29.3. The van der Waals surface area contributed by atoms with Crippen LogP contribution in [0.15, 0.2) is 42.5 Å². The summed E-state index contributed by atoms with van der Waals surface area (Å²) in [4.78, 5) is 29.5. The number of benzene rings is 2. The largest absolute Gasteiger partial charge is 0.493 e. The van der Waals surface area contributed by atoms with Gasteiger partial charge in [0.15, 0.2) is 11.5 Å². The van der Waals surface area contributed by atoms with E-state index in [1.54, 1.807) is 18.9 Å². The summed E-state index contributed by atoms with van der Waals surface area (Å²) < 4.78 is 12.5. The van der Waals surface area contributed by atoms with Crippen molar-refractivity contribution in [2.75, 3.05) is 27.2 Å². The Hall–Kier alpha value is -3.30. The summed E-state index contributed by atoms with van der Waals surface area (Å²) in [6, 6.07) is 14.0. The summed E-state index contributed by atoms with van der Waals surface area (Å²) in [5.74, 6) is 7.88. The van der Waals surface area contributed by atoms with Crippen LogP contribution in [0.3, 0.4) is 0 Å². The molecule has 36 heavy (non-hydrogen) atoms. The molecular weight excluding hydrogens is 452 g/mol. The van der Waals surface area contributed by atoms with Crippen LogP contribution in [-0.4, -0.2) is 66.9 Å². The van der Waals surface area contributed by atoms with E-state index in [1.807, 2.05) is 43.4 Å². The van der Waals surface area contributed by atoms with Gasteiger partial charge in [-0.05, 0) is 68.8 Å². The molecule has 2 heterocycles. The van der Waals surface area contributed by atoms with E-state index in [4.69, 9.17) is 9.47 Å². The maximum atomic E-state index is 13.2. The molecule has 2 aromatic carbocycles. The van der Waals surface area contributed by atoms with Gasteiger partial charge in [-0.15, -0.1) is 0 Å². The van der Waals surface area contributed by atoms with Gasteiger partial charge in [0.1, 0.15) is 11.9 Å². The van der Waals surface area contributed by atoms with E-state index in [9.17, 15) is 9.59 Å². The standard InChI is InChI=1S/C30H32N2O4/c1-19(33)18-32-16-15-30-22-11-12-23(31(2)26(34)14-9-20-7-5-4-6-8-20)29(30)36-28-25(35-3)13-10-21(27(28)30)17-24(22)32/h4-8,10,13,22-24,29H,11-12,15-18H2,1-3H3/t22-,23+,24+,29-,30-/m0/s1. The minimum atomic E-state index is -0.188. The minimum Gasteiger partial charge on any atom is -0.493 e. The number of carbonyl (C=O) groups excluding carboxylic acids is 2. The second kappa shape index (κ2) is 8.67.